The van der Waals surface area contributed by atoms with Gasteiger partial charge >= 0.3 is 0 Å². The summed E-state index contributed by atoms with van der Waals surface area (Å²) in [6, 6.07) is 5.32. The number of carbonyl (C=O) groups excluding carboxylic acids is 1. The molecule has 0 saturated carbocycles. The van der Waals surface area contributed by atoms with Gasteiger partial charge in [-0.1, -0.05) is 6.08 Å². The lowest BCUT2D eigenvalue weighted by Crippen LogP contribution is -2.29. The minimum atomic E-state index is -0.0222. The largest absolute Gasteiger partial charge is 0.497 e. The monoisotopic (exact) mass is 304 g/mol. The van der Waals surface area contributed by atoms with Crippen molar-refractivity contribution in [3.63, 3.8) is 0 Å². The summed E-state index contributed by atoms with van der Waals surface area (Å²) in [5.41, 5.74) is 6.02. The maximum atomic E-state index is 12.8. The third kappa shape index (κ3) is 3.80. The predicted molar refractivity (Wildman–Crippen MR) is 86.4 cm³/mol. The second-order valence-corrected chi connectivity index (χ2v) is 5.39. The molecule has 120 valence electrons. The fourth-order valence-electron chi connectivity index (χ4n) is 2.53. The summed E-state index contributed by atoms with van der Waals surface area (Å²) in [6.07, 6.45) is 3.63. The van der Waals surface area contributed by atoms with E-state index in [-0.39, 0.29) is 5.91 Å². The topological polar surface area (TPSA) is 64.8 Å². The number of hydrogen-bond donors (Lipinski definition) is 1. The second kappa shape index (κ2) is 7.84. The lowest BCUT2D eigenvalue weighted by atomic mass is 10.1. The highest BCUT2D eigenvalue weighted by Crippen LogP contribution is 2.28. The molecule has 0 radical (unpaired) electrons. The van der Waals surface area contributed by atoms with Crippen LogP contribution >= 0.6 is 0 Å². The molecule has 1 aliphatic rings. The zero-order valence-corrected chi connectivity index (χ0v) is 13.1. The van der Waals surface area contributed by atoms with E-state index in [1.165, 1.54) is 0 Å². The van der Waals surface area contributed by atoms with E-state index in [1.54, 1.807) is 25.3 Å². The molecule has 22 heavy (non-hydrogen) atoms. The van der Waals surface area contributed by atoms with Crippen LogP contribution in [0.4, 0.5) is 0 Å². The standard InChI is InChI=1S/C17H24N2O3/c1-3-13-7-9-19(12-13)17(20)15-11-14(21-2)5-6-16(15)22-10-4-8-18/h3,5-6,11,13H,1,4,7-10,12,18H2,2H3. The molecule has 5 heteroatoms. The average molecular weight is 304 g/mol. The molecule has 1 unspecified atom stereocenters. The SMILES string of the molecule is C=CC1CCN(C(=O)c2cc(OC)ccc2OCCCN)C1. The first kappa shape index (κ1) is 16.4. The molecule has 1 aromatic carbocycles. The lowest BCUT2D eigenvalue weighted by Gasteiger charge is -2.19. The number of benzene rings is 1. The minimum Gasteiger partial charge on any atom is -0.497 e. The number of ether oxygens (including phenoxy) is 2. The smallest absolute Gasteiger partial charge is 0.257 e. The maximum Gasteiger partial charge on any atom is 0.257 e. The molecular formula is C17H24N2O3. The fourth-order valence-corrected chi connectivity index (χ4v) is 2.53. The van der Waals surface area contributed by atoms with Crippen molar-refractivity contribution in [1.29, 1.82) is 0 Å². The van der Waals surface area contributed by atoms with Crippen LogP contribution in [0.25, 0.3) is 0 Å². The Hall–Kier alpha value is -2.01. The first-order valence-electron chi connectivity index (χ1n) is 7.62. The average Bonchev–Trinajstić information content (AvgIpc) is 3.03. The molecular weight excluding hydrogens is 280 g/mol. The number of amides is 1. The Morgan fingerprint density at radius 1 is 1.55 bits per heavy atom. The molecule has 1 aliphatic heterocycles. The van der Waals surface area contributed by atoms with Crippen molar-refractivity contribution >= 4 is 5.91 Å². The molecule has 2 rings (SSSR count). The number of carbonyl (C=O) groups is 1. The third-order valence-corrected chi connectivity index (χ3v) is 3.87. The second-order valence-electron chi connectivity index (χ2n) is 5.39. The van der Waals surface area contributed by atoms with Crippen LogP contribution in [0, 0.1) is 5.92 Å². The number of hydrogen-bond acceptors (Lipinski definition) is 4. The van der Waals surface area contributed by atoms with Crippen LogP contribution in [0.1, 0.15) is 23.2 Å². The quantitative estimate of drug-likeness (QED) is 0.618. The van der Waals surface area contributed by atoms with Crippen molar-refractivity contribution in [2.24, 2.45) is 11.7 Å². The molecule has 1 saturated heterocycles. The number of nitrogens with two attached hydrogens (primary N) is 1. The molecule has 0 aliphatic carbocycles. The third-order valence-electron chi connectivity index (χ3n) is 3.87. The Kier molecular flexibility index (Phi) is 5.83. The van der Waals surface area contributed by atoms with Gasteiger partial charge in [-0.2, -0.15) is 0 Å². The zero-order chi connectivity index (χ0) is 15.9. The molecule has 1 heterocycles. The summed E-state index contributed by atoms with van der Waals surface area (Å²) in [5.74, 6) is 1.58. The number of likely N-dealkylation sites (tertiary alicyclic amines) is 1. The van der Waals surface area contributed by atoms with Crippen LogP contribution in [-0.2, 0) is 0 Å². The molecule has 0 aromatic heterocycles. The van der Waals surface area contributed by atoms with Crippen LogP contribution in [0.5, 0.6) is 11.5 Å². The van der Waals surface area contributed by atoms with Crippen molar-refractivity contribution in [1.82, 2.24) is 4.90 Å². The van der Waals surface area contributed by atoms with E-state index >= 15 is 0 Å². The van der Waals surface area contributed by atoms with Gasteiger partial charge in [0.15, 0.2) is 0 Å². The molecule has 0 bridgehead atoms. The van der Waals surface area contributed by atoms with Crippen LogP contribution in [0.3, 0.4) is 0 Å². The Morgan fingerprint density at radius 2 is 2.36 bits per heavy atom. The summed E-state index contributed by atoms with van der Waals surface area (Å²) < 4.78 is 10.9. The number of rotatable bonds is 7. The highest BCUT2D eigenvalue weighted by molar-refractivity contribution is 5.97. The van der Waals surface area contributed by atoms with Gasteiger partial charge in [-0.3, -0.25) is 4.79 Å². The van der Waals surface area contributed by atoms with Gasteiger partial charge in [0.05, 0.1) is 19.3 Å². The molecule has 1 aromatic rings. The molecule has 0 spiro atoms. The van der Waals surface area contributed by atoms with Gasteiger partial charge in [-0.05, 0) is 43.5 Å². The van der Waals surface area contributed by atoms with Gasteiger partial charge in [0.1, 0.15) is 11.5 Å². The van der Waals surface area contributed by atoms with E-state index in [0.29, 0.717) is 42.7 Å². The van der Waals surface area contributed by atoms with Gasteiger partial charge in [0.2, 0.25) is 0 Å². The van der Waals surface area contributed by atoms with Crippen molar-refractivity contribution < 1.29 is 14.3 Å². The first-order chi connectivity index (χ1) is 10.7. The van der Waals surface area contributed by atoms with E-state index in [1.807, 2.05) is 11.0 Å². The summed E-state index contributed by atoms with van der Waals surface area (Å²) in [6.45, 7) is 6.33. The Bertz CT molecular complexity index is 531. The summed E-state index contributed by atoms with van der Waals surface area (Å²) >= 11 is 0. The van der Waals surface area contributed by atoms with Crippen molar-refractivity contribution in [3.05, 3.63) is 36.4 Å². The highest BCUT2D eigenvalue weighted by Gasteiger charge is 2.27. The minimum absolute atomic E-state index is 0.0222. The summed E-state index contributed by atoms with van der Waals surface area (Å²) in [4.78, 5) is 14.6. The molecule has 2 N–H and O–H groups in total. The van der Waals surface area contributed by atoms with E-state index in [9.17, 15) is 4.79 Å². The van der Waals surface area contributed by atoms with Gasteiger partial charge < -0.3 is 20.1 Å². The zero-order valence-electron chi connectivity index (χ0n) is 13.1. The Labute approximate surface area is 131 Å². The van der Waals surface area contributed by atoms with E-state index in [0.717, 1.165) is 19.4 Å². The van der Waals surface area contributed by atoms with Crippen LogP contribution in [0.2, 0.25) is 0 Å². The van der Waals surface area contributed by atoms with Crippen molar-refractivity contribution in [2.75, 3.05) is 33.4 Å². The predicted octanol–water partition coefficient (Wildman–Crippen LogP) is 2.07. The van der Waals surface area contributed by atoms with Crippen molar-refractivity contribution in [3.8, 4) is 11.5 Å². The Morgan fingerprint density at radius 3 is 3.00 bits per heavy atom. The van der Waals surface area contributed by atoms with Gasteiger partial charge in [-0.15, -0.1) is 6.58 Å². The number of nitrogens with zero attached hydrogens (tertiary/aromatic N) is 1. The van der Waals surface area contributed by atoms with Crippen LogP contribution < -0.4 is 15.2 Å². The Balaban J connectivity index is 2.18. The van der Waals surface area contributed by atoms with Gasteiger partial charge in [0, 0.05) is 13.1 Å². The highest BCUT2D eigenvalue weighted by atomic mass is 16.5. The molecule has 1 atom stereocenters. The maximum absolute atomic E-state index is 12.8. The van der Waals surface area contributed by atoms with E-state index in [2.05, 4.69) is 6.58 Å². The number of methoxy groups -OCH3 is 1. The van der Waals surface area contributed by atoms with E-state index < -0.39 is 0 Å². The van der Waals surface area contributed by atoms with E-state index in [4.69, 9.17) is 15.2 Å². The van der Waals surface area contributed by atoms with Crippen molar-refractivity contribution in [2.45, 2.75) is 12.8 Å². The van der Waals surface area contributed by atoms with Gasteiger partial charge in [-0.25, -0.2) is 0 Å². The molecule has 1 fully saturated rings. The molecule has 1 amide bonds. The summed E-state index contributed by atoms with van der Waals surface area (Å²) in [5, 5.41) is 0. The molecule has 5 nitrogen and oxygen atoms in total. The lowest BCUT2D eigenvalue weighted by molar-refractivity contribution is 0.0784. The fraction of sp³-hybridized carbons (Fsp3) is 0.471. The first-order valence-corrected chi connectivity index (χ1v) is 7.62. The summed E-state index contributed by atoms with van der Waals surface area (Å²) in [7, 11) is 1.59. The normalized spacial score (nSPS) is 17.4. The van der Waals surface area contributed by atoms with Gasteiger partial charge in [0.25, 0.3) is 5.91 Å². The van der Waals surface area contributed by atoms with Crippen LogP contribution in [0.15, 0.2) is 30.9 Å². The van der Waals surface area contributed by atoms with Crippen LogP contribution in [-0.4, -0.2) is 44.2 Å².